The Labute approximate surface area is 242 Å². The Morgan fingerprint density at radius 3 is 2.08 bits per heavy atom. The first-order valence-electron chi connectivity index (χ1n) is 13.9. The van der Waals surface area contributed by atoms with Crippen molar-refractivity contribution < 1.29 is 4.79 Å². The van der Waals surface area contributed by atoms with E-state index in [0.29, 0.717) is 18.2 Å². The molecule has 0 N–H and O–H groups in total. The molecule has 0 bridgehead atoms. The lowest BCUT2D eigenvalue weighted by molar-refractivity contribution is 0.0750. The Balaban J connectivity index is 1.54. The predicted octanol–water partition coefficient (Wildman–Crippen LogP) is 8.28. The summed E-state index contributed by atoms with van der Waals surface area (Å²) in [6.07, 6.45) is 2.85. The first kappa shape index (κ1) is 29.0. The van der Waals surface area contributed by atoms with E-state index in [4.69, 9.17) is 16.6 Å². The van der Waals surface area contributed by atoms with Crippen LogP contribution in [0.2, 0.25) is 5.02 Å². The fraction of sp³-hybridized carbons (Fsp3) is 0.333. The third-order valence-corrected chi connectivity index (χ3v) is 7.91. The molecule has 0 saturated heterocycles. The molecule has 0 aliphatic rings. The van der Waals surface area contributed by atoms with Gasteiger partial charge in [-0.15, -0.1) is 11.3 Å². The molecule has 0 radical (unpaired) electrons. The van der Waals surface area contributed by atoms with Crippen molar-refractivity contribution in [3.8, 4) is 0 Å². The lowest BCUT2D eigenvalue weighted by Crippen LogP contribution is -2.32. The van der Waals surface area contributed by atoms with E-state index < -0.39 is 0 Å². The number of halogens is 1. The molecule has 4 nitrogen and oxygen atoms in total. The minimum absolute atomic E-state index is 0.0378. The van der Waals surface area contributed by atoms with Crippen molar-refractivity contribution in [2.75, 3.05) is 19.6 Å². The number of hydrogen-bond donors (Lipinski definition) is 0. The van der Waals surface area contributed by atoms with E-state index in [1.54, 1.807) is 11.3 Å². The first-order chi connectivity index (χ1) is 19.1. The highest BCUT2D eigenvalue weighted by Crippen LogP contribution is 2.29. The fourth-order valence-electron chi connectivity index (χ4n) is 5.01. The van der Waals surface area contributed by atoms with Gasteiger partial charge in [-0.25, -0.2) is 4.98 Å². The van der Waals surface area contributed by atoms with E-state index in [-0.39, 0.29) is 5.91 Å². The van der Waals surface area contributed by atoms with Crippen molar-refractivity contribution in [2.45, 2.75) is 52.1 Å². The SMILES string of the molecule is CCCN(CCC)C(=O)c1csc(CN(CCC(c2ccccc2)c2ccccc2)Cc2cccc(Cl)c2)n1. The van der Waals surface area contributed by atoms with Crippen molar-refractivity contribution in [1.82, 2.24) is 14.8 Å². The van der Waals surface area contributed by atoms with Crippen molar-refractivity contribution in [3.05, 3.63) is 123 Å². The largest absolute Gasteiger partial charge is 0.337 e. The third-order valence-electron chi connectivity index (χ3n) is 6.84. The molecule has 4 aromatic rings. The minimum Gasteiger partial charge on any atom is -0.337 e. The smallest absolute Gasteiger partial charge is 0.273 e. The Morgan fingerprint density at radius 1 is 0.846 bits per heavy atom. The van der Waals surface area contributed by atoms with Crippen LogP contribution >= 0.6 is 22.9 Å². The number of carbonyl (C=O) groups is 1. The summed E-state index contributed by atoms with van der Waals surface area (Å²) in [5.41, 5.74) is 4.37. The van der Waals surface area contributed by atoms with Gasteiger partial charge in [-0.2, -0.15) is 0 Å². The number of benzene rings is 3. The molecule has 3 aromatic carbocycles. The fourth-order valence-corrected chi connectivity index (χ4v) is 6.03. The van der Waals surface area contributed by atoms with Crippen LogP contribution < -0.4 is 0 Å². The second kappa shape index (κ2) is 15.0. The Hall–Kier alpha value is -2.99. The summed E-state index contributed by atoms with van der Waals surface area (Å²) >= 11 is 7.90. The van der Waals surface area contributed by atoms with Crippen LogP contribution in [0, 0.1) is 0 Å². The lowest BCUT2D eigenvalue weighted by Gasteiger charge is -2.25. The van der Waals surface area contributed by atoms with Crippen LogP contribution in [-0.2, 0) is 13.1 Å². The van der Waals surface area contributed by atoms with Crippen LogP contribution in [0.3, 0.4) is 0 Å². The molecule has 204 valence electrons. The van der Waals surface area contributed by atoms with Crippen LogP contribution in [0.25, 0.3) is 0 Å². The van der Waals surface area contributed by atoms with Crippen LogP contribution in [0.4, 0.5) is 0 Å². The molecule has 1 amide bonds. The monoisotopic (exact) mass is 559 g/mol. The third kappa shape index (κ3) is 8.50. The Kier molecular flexibility index (Phi) is 11.1. The topological polar surface area (TPSA) is 36.4 Å². The summed E-state index contributed by atoms with van der Waals surface area (Å²) in [7, 11) is 0. The van der Waals surface area contributed by atoms with E-state index in [2.05, 4.69) is 85.5 Å². The van der Waals surface area contributed by atoms with Gasteiger partial charge in [0.1, 0.15) is 10.7 Å². The molecule has 6 heteroatoms. The molecular weight excluding hydrogens is 522 g/mol. The zero-order valence-corrected chi connectivity index (χ0v) is 24.5. The number of carbonyl (C=O) groups excluding carboxylic acids is 1. The summed E-state index contributed by atoms with van der Waals surface area (Å²) < 4.78 is 0. The molecule has 0 saturated carbocycles. The zero-order chi connectivity index (χ0) is 27.5. The van der Waals surface area contributed by atoms with E-state index in [0.717, 1.165) is 55.5 Å². The molecule has 1 aromatic heterocycles. The van der Waals surface area contributed by atoms with Gasteiger partial charge in [0.15, 0.2) is 0 Å². The number of nitrogens with zero attached hydrogens (tertiary/aromatic N) is 3. The van der Waals surface area contributed by atoms with Crippen LogP contribution in [-0.4, -0.2) is 40.3 Å². The van der Waals surface area contributed by atoms with E-state index in [9.17, 15) is 4.79 Å². The Bertz CT molecular complexity index is 1250. The minimum atomic E-state index is 0.0378. The number of rotatable bonds is 14. The molecule has 39 heavy (non-hydrogen) atoms. The van der Waals surface area contributed by atoms with Gasteiger partial charge in [0, 0.05) is 36.0 Å². The quantitative estimate of drug-likeness (QED) is 0.156. The maximum Gasteiger partial charge on any atom is 0.273 e. The summed E-state index contributed by atoms with van der Waals surface area (Å²) in [5, 5.41) is 3.63. The maximum absolute atomic E-state index is 13.1. The zero-order valence-electron chi connectivity index (χ0n) is 22.9. The van der Waals surface area contributed by atoms with Gasteiger partial charge < -0.3 is 4.90 Å². The van der Waals surface area contributed by atoms with E-state index in [1.807, 2.05) is 28.5 Å². The summed E-state index contributed by atoms with van der Waals surface area (Å²) in [6, 6.07) is 29.5. The molecule has 4 rings (SSSR count). The average molecular weight is 560 g/mol. The number of thiazole rings is 1. The molecule has 1 heterocycles. The van der Waals surface area contributed by atoms with E-state index >= 15 is 0 Å². The standard InChI is InChI=1S/C33H38ClN3OS/c1-3-19-37(20-4-2)33(38)31-25-39-32(35-31)24-36(23-26-12-11-17-29(34)22-26)21-18-30(27-13-7-5-8-14-27)28-15-9-6-10-16-28/h5-17,22,25,30H,3-4,18-21,23-24H2,1-2H3. The Morgan fingerprint density at radius 2 is 1.49 bits per heavy atom. The van der Waals surface area contributed by atoms with Crippen molar-refractivity contribution >= 4 is 28.8 Å². The molecule has 0 unspecified atom stereocenters. The number of aromatic nitrogens is 1. The van der Waals surface area contributed by atoms with E-state index in [1.165, 1.54) is 16.7 Å². The first-order valence-corrected chi connectivity index (χ1v) is 15.1. The molecule has 0 spiro atoms. The van der Waals surface area contributed by atoms with Gasteiger partial charge in [-0.3, -0.25) is 9.69 Å². The highest BCUT2D eigenvalue weighted by molar-refractivity contribution is 7.09. The van der Waals surface area contributed by atoms with Crippen molar-refractivity contribution in [2.24, 2.45) is 0 Å². The molecule has 0 atom stereocenters. The summed E-state index contributed by atoms with van der Waals surface area (Å²) in [5.74, 6) is 0.329. The van der Waals surface area contributed by atoms with Gasteiger partial charge in [0.25, 0.3) is 5.91 Å². The number of amides is 1. The second-order valence-electron chi connectivity index (χ2n) is 9.92. The average Bonchev–Trinajstić information content (AvgIpc) is 3.42. The lowest BCUT2D eigenvalue weighted by atomic mass is 9.88. The highest BCUT2D eigenvalue weighted by atomic mass is 35.5. The summed E-state index contributed by atoms with van der Waals surface area (Å²) in [4.78, 5) is 22.3. The normalized spacial score (nSPS) is 11.3. The molecular formula is C33H38ClN3OS. The molecule has 0 fully saturated rings. The summed E-state index contributed by atoms with van der Waals surface area (Å²) in [6.45, 7) is 8.06. The molecule has 0 aliphatic carbocycles. The molecule has 0 aliphatic heterocycles. The highest BCUT2D eigenvalue weighted by Gasteiger charge is 2.20. The van der Waals surface area contributed by atoms with Crippen LogP contribution in [0.5, 0.6) is 0 Å². The van der Waals surface area contributed by atoms with Gasteiger partial charge >= 0.3 is 0 Å². The van der Waals surface area contributed by atoms with Crippen molar-refractivity contribution in [1.29, 1.82) is 0 Å². The number of hydrogen-bond acceptors (Lipinski definition) is 4. The van der Waals surface area contributed by atoms with Gasteiger partial charge in [0.05, 0.1) is 6.54 Å². The van der Waals surface area contributed by atoms with Gasteiger partial charge in [-0.1, -0.05) is 98.2 Å². The van der Waals surface area contributed by atoms with Gasteiger partial charge in [-0.05, 0) is 54.6 Å². The maximum atomic E-state index is 13.1. The van der Waals surface area contributed by atoms with Gasteiger partial charge in [0.2, 0.25) is 0 Å². The van der Waals surface area contributed by atoms with Crippen LogP contribution in [0.15, 0.2) is 90.3 Å². The predicted molar refractivity (Wildman–Crippen MR) is 164 cm³/mol. The second-order valence-corrected chi connectivity index (χ2v) is 11.3. The van der Waals surface area contributed by atoms with Crippen LogP contribution in [0.1, 0.15) is 71.2 Å². The van der Waals surface area contributed by atoms with Crippen molar-refractivity contribution in [3.63, 3.8) is 0 Å².